The highest BCUT2D eigenvalue weighted by atomic mass is 32.2. The number of rotatable bonds is 5. The Morgan fingerprint density at radius 1 is 1.26 bits per heavy atom. The zero-order valence-electron chi connectivity index (χ0n) is 13.9. The number of nitrogens with zero attached hydrogens (tertiary/aromatic N) is 3. The fourth-order valence-electron chi connectivity index (χ4n) is 3.03. The first-order valence-electron chi connectivity index (χ1n) is 7.94. The molecule has 3 atom stereocenters. The molecular weight excluding hydrogens is 314 g/mol. The predicted molar refractivity (Wildman–Crippen MR) is 90.6 cm³/mol. The average Bonchev–Trinajstić information content (AvgIpc) is 2.44. The summed E-state index contributed by atoms with van der Waals surface area (Å²) in [6.07, 6.45) is 3.25. The Morgan fingerprint density at radius 2 is 1.91 bits per heavy atom. The molecule has 4 N–H and O–H groups in total. The Balaban J connectivity index is 1.90. The minimum Gasteiger partial charge on any atom is -0.461 e. The van der Waals surface area contributed by atoms with Crippen molar-refractivity contribution in [3.8, 4) is 0 Å². The second-order valence-electron chi connectivity index (χ2n) is 6.48. The molecule has 0 bridgehead atoms. The highest BCUT2D eigenvalue weighted by Gasteiger charge is 2.33. The fraction of sp³-hybridized carbons (Fsp3) is 0.733. The largest absolute Gasteiger partial charge is 0.461 e. The van der Waals surface area contributed by atoms with Gasteiger partial charge in [-0.3, -0.25) is 4.79 Å². The normalized spacial score (nSPS) is 24.6. The van der Waals surface area contributed by atoms with Crippen LogP contribution in [0.4, 0.5) is 11.9 Å². The van der Waals surface area contributed by atoms with Gasteiger partial charge < -0.3 is 16.2 Å². The molecule has 8 heteroatoms. The Labute approximate surface area is 141 Å². The molecule has 1 aliphatic carbocycles. The maximum Gasteiger partial charge on any atom is 0.316 e. The molecule has 1 fully saturated rings. The Hall–Kier alpha value is -1.57. The van der Waals surface area contributed by atoms with Crippen molar-refractivity contribution < 1.29 is 9.53 Å². The molecule has 1 saturated carbocycles. The van der Waals surface area contributed by atoms with Crippen molar-refractivity contribution >= 4 is 29.6 Å². The molecule has 0 radical (unpaired) electrons. The summed E-state index contributed by atoms with van der Waals surface area (Å²) in [4.78, 5) is 23.7. The standard InChI is InChI=1S/C15H25N5O2S/c1-8(2)10-5-4-9(3)6-11(10)22-12(21)7-23-15-19-13(16)18-14(17)20-15/h8-11H,4-7H2,1-3H3,(H4,16,17,18,19,20). The third kappa shape index (κ3) is 5.23. The van der Waals surface area contributed by atoms with Crippen LogP contribution in [-0.2, 0) is 9.53 Å². The van der Waals surface area contributed by atoms with Crippen molar-refractivity contribution in [2.45, 2.75) is 51.3 Å². The van der Waals surface area contributed by atoms with Gasteiger partial charge in [-0.25, -0.2) is 0 Å². The van der Waals surface area contributed by atoms with Crippen LogP contribution >= 0.6 is 11.8 Å². The second-order valence-corrected chi connectivity index (χ2v) is 7.42. The van der Waals surface area contributed by atoms with Crippen LogP contribution < -0.4 is 11.5 Å². The molecule has 3 unspecified atom stereocenters. The summed E-state index contributed by atoms with van der Waals surface area (Å²) in [7, 11) is 0. The first kappa shape index (κ1) is 17.8. The minimum absolute atomic E-state index is 0.000322. The molecule has 0 saturated heterocycles. The van der Waals surface area contributed by atoms with Crippen LogP contribution in [0.1, 0.15) is 40.0 Å². The van der Waals surface area contributed by atoms with E-state index in [9.17, 15) is 4.79 Å². The Bertz CT molecular complexity index is 534. The number of ether oxygens (including phenoxy) is 1. The minimum atomic E-state index is -0.252. The van der Waals surface area contributed by atoms with Gasteiger partial charge in [-0.05, 0) is 30.6 Å². The number of hydrogen-bond acceptors (Lipinski definition) is 8. The van der Waals surface area contributed by atoms with Gasteiger partial charge in [0, 0.05) is 0 Å². The third-order valence-corrected chi connectivity index (χ3v) is 5.03. The SMILES string of the molecule is CC1CCC(C(C)C)C(OC(=O)CSc2nc(N)nc(N)n2)C1. The molecule has 1 heterocycles. The van der Waals surface area contributed by atoms with Gasteiger partial charge in [0.05, 0.1) is 5.75 Å². The van der Waals surface area contributed by atoms with Crippen molar-refractivity contribution in [2.75, 3.05) is 17.2 Å². The molecule has 0 amide bonds. The fourth-order valence-corrected chi connectivity index (χ4v) is 3.66. The summed E-state index contributed by atoms with van der Waals surface area (Å²) >= 11 is 1.16. The average molecular weight is 339 g/mol. The summed E-state index contributed by atoms with van der Waals surface area (Å²) in [5, 5.41) is 0.337. The van der Waals surface area contributed by atoms with E-state index in [0.717, 1.165) is 24.6 Å². The zero-order valence-corrected chi connectivity index (χ0v) is 14.7. The predicted octanol–water partition coefficient (Wildman–Crippen LogP) is 2.13. The van der Waals surface area contributed by atoms with E-state index in [0.29, 0.717) is 22.9 Å². The molecule has 0 aliphatic heterocycles. The topological polar surface area (TPSA) is 117 Å². The number of thioether (sulfide) groups is 1. The summed E-state index contributed by atoms with van der Waals surface area (Å²) in [6.45, 7) is 6.59. The monoisotopic (exact) mass is 339 g/mol. The Morgan fingerprint density at radius 3 is 2.52 bits per heavy atom. The van der Waals surface area contributed by atoms with E-state index >= 15 is 0 Å². The van der Waals surface area contributed by atoms with E-state index in [-0.39, 0.29) is 29.7 Å². The molecule has 1 aromatic heterocycles. The van der Waals surface area contributed by atoms with Crippen LogP contribution in [-0.4, -0.2) is 32.8 Å². The highest BCUT2D eigenvalue weighted by Crippen LogP contribution is 2.35. The lowest BCUT2D eigenvalue weighted by Crippen LogP contribution is -2.36. The number of nitrogens with two attached hydrogens (primary N) is 2. The number of carbonyl (C=O) groups excluding carboxylic acids is 1. The third-order valence-electron chi connectivity index (χ3n) is 4.21. The van der Waals surface area contributed by atoms with Crippen LogP contribution in [0.3, 0.4) is 0 Å². The van der Waals surface area contributed by atoms with Gasteiger partial charge in [-0.15, -0.1) is 0 Å². The first-order valence-corrected chi connectivity index (χ1v) is 8.93. The molecule has 23 heavy (non-hydrogen) atoms. The van der Waals surface area contributed by atoms with Crippen molar-refractivity contribution in [3.63, 3.8) is 0 Å². The molecular formula is C15H25N5O2S. The number of hydrogen-bond donors (Lipinski definition) is 2. The number of carbonyl (C=O) groups is 1. The van der Waals surface area contributed by atoms with Crippen LogP contribution in [0.25, 0.3) is 0 Å². The quantitative estimate of drug-likeness (QED) is 0.619. The molecule has 7 nitrogen and oxygen atoms in total. The van der Waals surface area contributed by atoms with E-state index in [4.69, 9.17) is 16.2 Å². The Kier molecular flexibility index (Phi) is 6.04. The summed E-state index contributed by atoms with van der Waals surface area (Å²) in [5.41, 5.74) is 11.0. The lowest BCUT2D eigenvalue weighted by atomic mass is 9.75. The maximum atomic E-state index is 12.2. The second kappa shape index (κ2) is 7.81. The summed E-state index contributed by atoms with van der Waals surface area (Å²) in [6, 6.07) is 0. The van der Waals surface area contributed by atoms with Crippen molar-refractivity contribution in [1.29, 1.82) is 0 Å². The molecule has 0 spiro atoms. The van der Waals surface area contributed by atoms with Crippen LogP contribution in [0.15, 0.2) is 5.16 Å². The van der Waals surface area contributed by atoms with E-state index < -0.39 is 0 Å². The highest BCUT2D eigenvalue weighted by molar-refractivity contribution is 7.99. The van der Waals surface area contributed by atoms with Crippen LogP contribution in [0, 0.1) is 17.8 Å². The summed E-state index contributed by atoms with van der Waals surface area (Å²) in [5.74, 6) is 1.53. The van der Waals surface area contributed by atoms with E-state index in [1.165, 1.54) is 6.42 Å². The number of nitrogen functional groups attached to an aromatic ring is 2. The lowest BCUT2D eigenvalue weighted by Gasteiger charge is -2.36. The number of aromatic nitrogens is 3. The molecule has 1 aromatic rings. The smallest absolute Gasteiger partial charge is 0.316 e. The van der Waals surface area contributed by atoms with Gasteiger partial charge in [0.1, 0.15) is 6.10 Å². The van der Waals surface area contributed by atoms with Crippen molar-refractivity contribution in [2.24, 2.45) is 17.8 Å². The van der Waals surface area contributed by atoms with Gasteiger partial charge in [0.15, 0.2) is 5.16 Å². The number of anilines is 2. The van der Waals surface area contributed by atoms with E-state index in [1.54, 1.807) is 0 Å². The van der Waals surface area contributed by atoms with Gasteiger partial charge in [0.25, 0.3) is 0 Å². The number of esters is 1. The zero-order chi connectivity index (χ0) is 17.0. The maximum absolute atomic E-state index is 12.2. The van der Waals surface area contributed by atoms with Crippen molar-refractivity contribution in [1.82, 2.24) is 15.0 Å². The van der Waals surface area contributed by atoms with Crippen molar-refractivity contribution in [3.05, 3.63) is 0 Å². The molecule has 0 aromatic carbocycles. The van der Waals surface area contributed by atoms with E-state index in [2.05, 4.69) is 35.7 Å². The van der Waals surface area contributed by atoms with Gasteiger partial charge in [-0.2, -0.15) is 15.0 Å². The first-order chi connectivity index (χ1) is 10.8. The van der Waals surface area contributed by atoms with Crippen LogP contribution in [0.2, 0.25) is 0 Å². The molecule has 1 aliphatic rings. The summed E-state index contributed by atoms with van der Waals surface area (Å²) < 4.78 is 5.72. The molecule has 128 valence electrons. The molecule has 2 rings (SSSR count). The van der Waals surface area contributed by atoms with Gasteiger partial charge >= 0.3 is 5.97 Å². The van der Waals surface area contributed by atoms with Gasteiger partial charge in [0.2, 0.25) is 11.9 Å². The van der Waals surface area contributed by atoms with Gasteiger partial charge in [-0.1, -0.05) is 39.0 Å². The lowest BCUT2D eigenvalue weighted by molar-refractivity contribution is -0.152. The van der Waals surface area contributed by atoms with Crippen LogP contribution in [0.5, 0.6) is 0 Å². The van der Waals surface area contributed by atoms with E-state index in [1.807, 2.05) is 0 Å².